The van der Waals surface area contributed by atoms with E-state index in [1.165, 1.54) is 0 Å². The van der Waals surface area contributed by atoms with Crippen molar-refractivity contribution in [3.63, 3.8) is 0 Å². The number of ether oxygens (including phenoxy) is 1. The maximum absolute atomic E-state index is 12.1. The van der Waals surface area contributed by atoms with Crippen LogP contribution >= 0.6 is 0 Å². The van der Waals surface area contributed by atoms with Crippen molar-refractivity contribution in [3.05, 3.63) is 35.9 Å². The van der Waals surface area contributed by atoms with Gasteiger partial charge in [-0.15, -0.1) is 0 Å². The number of piperazine rings is 1. The van der Waals surface area contributed by atoms with E-state index in [4.69, 9.17) is 4.74 Å². The minimum Gasteiger partial charge on any atom is -0.444 e. The fourth-order valence-corrected chi connectivity index (χ4v) is 3.01. The Morgan fingerprint density at radius 3 is 2.71 bits per heavy atom. The molecule has 1 aromatic carbocycles. The van der Waals surface area contributed by atoms with Crippen LogP contribution in [-0.4, -0.2) is 55.5 Å². The SMILES string of the molecule is CS(=O)(=O)[C@@]1(O)CNCCN1C(=O)OCc1ccccc1. The molecule has 0 bridgehead atoms. The lowest BCUT2D eigenvalue weighted by molar-refractivity contribution is -0.0470. The minimum atomic E-state index is -3.88. The van der Waals surface area contributed by atoms with Crippen LogP contribution in [0.4, 0.5) is 4.79 Å². The van der Waals surface area contributed by atoms with Crippen LogP contribution in [0.5, 0.6) is 0 Å². The molecule has 1 amide bonds. The Hall–Kier alpha value is -1.64. The quantitative estimate of drug-likeness (QED) is 0.810. The van der Waals surface area contributed by atoms with E-state index < -0.39 is 21.0 Å². The molecule has 1 heterocycles. The van der Waals surface area contributed by atoms with Crippen LogP contribution in [0.1, 0.15) is 5.56 Å². The zero-order chi connectivity index (χ0) is 15.5. The molecule has 0 aliphatic carbocycles. The number of aliphatic hydroxyl groups is 1. The average molecular weight is 314 g/mol. The fourth-order valence-electron chi connectivity index (χ4n) is 2.07. The van der Waals surface area contributed by atoms with E-state index in [0.717, 1.165) is 16.7 Å². The first-order chi connectivity index (χ1) is 9.84. The summed E-state index contributed by atoms with van der Waals surface area (Å²) in [7, 11) is -3.88. The van der Waals surface area contributed by atoms with E-state index in [2.05, 4.69) is 5.32 Å². The van der Waals surface area contributed by atoms with Crippen molar-refractivity contribution in [2.24, 2.45) is 0 Å². The number of carbonyl (C=O) groups excluding carboxylic acids is 1. The summed E-state index contributed by atoms with van der Waals surface area (Å²) in [5.74, 6) is 0. The van der Waals surface area contributed by atoms with Crippen LogP contribution in [0.15, 0.2) is 30.3 Å². The predicted octanol–water partition coefficient (Wildman–Crippen LogP) is -0.0809. The largest absolute Gasteiger partial charge is 0.444 e. The molecule has 8 heteroatoms. The van der Waals surface area contributed by atoms with Crippen LogP contribution in [0.25, 0.3) is 0 Å². The zero-order valence-corrected chi connectivity index (χ0v) is 12.5. The first kappa shape index (κ1) is 15.7. The normalized spacial score (nSPS) is 22.9. The monoisotopic (exact) mass is 314 g/mol. The molecule has 1 aliphatic heterocycles. The van der Waals surface area contributed by atoms with Crippen LogP contribution in [0.2, 0.25) is 0 Å². The minimum absolute atomic E-state index is 0.0173. The second-order valence-corrected chi connectivity index (χ2v) is 7.08. The summed E-state index contributed by atoms with van der Waals surface area (Å²) in [4.78, 5) is 12.9. The van der Waals surface area contributed by atoms with Crippen LogP contribution in [-0.2, 0) is 21.2 Å². The van der Waals surface area contributed by atoms with Gasteiger partial charge in [-0.1, -0.05) is 30.3 Å². The molecule has 7 nitrogen and oxygen atoms in total. The summed E-state index contributed by atoms with van der Waals surface area (Å²) in [6, 6.07) is 9.02. The number of hydrogen-bond acceptors (Lipinski definition) is 6. The van der Waals surface area contributed by atoms with Crippen molar-refractivity contribution in [2.45, 2.75) is 11.7 Å². The number of hydrogen-bond donors (Lipinski definition) is 2. The van der Waals surface area contributed by atoms with E-state index >= 15 is 0 Å². The van der Waals surface area contributed by atoms with Gasteiger partial charge in [0.2, 0.25) is 0 Å². The molecule has 0 spiro atoms. The highest BCUT2D eigenvalue weighted by atomic mass is 32.2. The molecule has 1 aliphatic rings. The summed E-state index contributed by atoms with van der Waals surface area (Å²) in [5.41, 5.74) is 0.781. The van der Waals surface area contributed by atoms with Gasteiger partial charge in [0.15, 0.2) is 9.84 Å². The molecule has 0 unspecified atom stereocenters. The second kappa shape index (κ2) is 6.00. The Balaban J connectivity index is 2.09. The van der Waals surface area contributed by atoms with E-state index in [1.54, 1.807) is 24.3 Å². The van der Waals surface area contributed by atoms with E-state index in [9.17, 15) is 18.3 Å². The van der Waals surface area contributed by atoms with Gasteiger partial charge in [-0.05, 0) is 5.56 Å². The molecular formula is C13H18N2O5S. The fraction of sp³-hybridized carbons (Fsp3) is 0.462. The van der Waals surface area contributed by atoms with E-state index in [1.807, 2.05) is 6.07 Å². The summed E-state index contributed by atoms with van der Waals surface area (Å²) >= 11 is 0. The van der Waals surface area contributed by atoms with Crippen molar-refractivity contribution < 1.29 is 23.1 Å². The molecule has 1 aromatic rings. The Morgan fingerprint density at radius 2 is 2.10 bits per heavy atom. The molecular weight excluding hydrogens is 296 g/mol. The molecule has 0 aromatic heterocycles. The lowest BCUT2D eigenvalue weighted by atomic mass is 10.2. The highest BCUT2D eigenvalue weighted by Crippen LogP contribution is 2.22. The van der Waals surface area contributed by atoms with Gasteiger partial charge in [0.25, 0.3) is 5.06 Å². The number of carbonyl (C=O) groups is 1. The second-order valence-electron chi connectivity index (χ2n) is 4.88. The van der Waals surface area contributed by atoms with Crippen molar-refractivity contribution in [2.75, 3.05) is 25.9 Å². The zero-order valence-electron chi connectivity index (χ0n) is 11.7. The Labute approximate surface area is 123 Å². The Bertz CT molecular complexity index is 604. The lowest BCUT2D eigenvalue weighted by Crippen LogP contribution is -2.66. The summed E-state index contributed by atoms with van der Waals surface area (Å²) in [6.07, 6.45) is 0.0329. The van der Waals surface area contributed by atoms with Crippen LogP contribution in [0, 0.1) is 0 Å². The predicted molar refractivity (Wildman–Crippen MR) is 76.0 cm³/mol. The molecule has 116 valence electrons. The topological polar surface area (TPSA) is 95.9 Å². The number of benzene rings is 1. The van der Waals surface area contributed by atoms with Gasteiger partial charge in [-0.25, -0.2) is 13.2 Å². The van der Waals surface area contributed by atoms with Gasteiger partial charge in [0.1, 0.15) is 6.61 Å². The molecule has 2 N–H and O–H groups in total. The van der Waals surface area contributed by atoms with E-state index in [0.29, 0.717) is 6.54 Å². The van der Waals surface area contributed by atoms with Gasteiger partial charge in [0, 0.05) is 19.3 Å². The number of amides is 1. The third-order valence-electron chi connectivity index (χ3n) is 3.31. The maximum atomic E-state index is 12.1. The molecule has 1 atom stereocenters. The Morgan fingerprint density at radius 1 is 1.43 bits per heavy atom. The summed E-state index contributed by atoms with van der Waals surface area (Å²) < 4.78 is 28.6. The molecule has 0 saturated carbocycles. The standard InChI is InChI=1S/C13H18N2O5S/c1-21(18,19)13(17)10-14-7-8-15(13)12(16)20-9-11-5-3-2-4-6-11/h2-6,14,17H,7-10H2,1H3/t13-/m0/s1. The smallest absolute Gasteiger partial charge is 0.413 e. The third kappa shape index (κ3) is 3.34. The molecule has 1 fully saturated rings. The first-order valence-corrected chi connectivity index (χ1v) is 8.35. The summed E-state index contributed by atoms with van der Waals surface area (Å²) in [6.45, 7) is 0.213. The number of nitrogens with one attached hydrogen (secondary N) is 1. The van der Waals surface area contributed by atoms with Gasteiger partial charge >= 0.3 is 6.09 Å². The average Bonchev–Trinajstić information content (AvgIpc) is 2.45. The number of nitrogens with zero attached hydrogens (tertiary/aromatic N) is 1. The van der Waals surface area contributed by atoms with E-state index in [-0.39, 0.29) is 19.7 Å². The van der Waals surface area contributed by atoms with Crippen LogP contribution in [0.3, 0.4) is 0 Å². The summed E-state index contributed by atoms with van der Waals surface area (Å²) in [5, 5.41) is 10.8. The number of sulfone groups is 1. The van der Waals surface area contributed by atoms with Gasteiger partial charge in [-0.2, -0.15) is 0 Å². The van der Waals surface area contributed by atoms with Crippen molar-refractivity contribution in [1.82, 2.24) is 10.2 Å². The first-order valence-electron chi connectivity index (χ1n) is 6.45. The Kier molecular flexibility index (Phi) is 4.50. The molecule has 21 heavy (non-hydrogen) atoms. The molecule has 0 radical (unpaired) electrons. The maximum Gasteiger partial charge on any atom is 0.413 e. The van der Waals surface area contributed by atoms with Crippen molar-refractivity contribution >= 4 is 15.9 Å². The van der Waals surface area contributed by atoms with Gasteiger partial charge < -0.3 is 15.2 Å². The van der Waals surface area contributed by atoms with Gasteiger partial charge in [0.05, 0.1) is 6.54 Å². The molecule has 2 rings (SSSR count). The highest BCUT2D eigenvalue weighted by Gasteiger charge is 2.49. The van der Waals surface area contributed by atoms with Crippen LogP contribution < -0.4 is 5.32 Å². The molecule has 1 saturated heterocycles. The third-order valence-corrected chi connectivity index (χ3v) is 4.86. The highest BCUT2D eigenvalue weighted by molar-refractivity contribution is 7.91. The van der Waals surface area contributed by atoms with Gasteiger partial charge in [-0.3, -0.25) is 4.90 Å². The van der Waals surface area contributed by atoms with Crippen molar-refractivity contribution in [1.29, 1.82) is 0 Å². The van der Waals surface area contributed by atoms with Crippen molar-refractivity contribution in [3.8, 4) is 0 Å². The number of β-amino-alcohol motifs (C(OH)–C–C–N with tert-alkyl or cyclic N) is 1. The lowest BCUT2D eigenvalue weighted by Gasteiger charge is -2.40. The number of rotatable bonds is 3.